The molecular weight excluding hydrogens is 484 g/mol. The smallest absolute Gasteiger partial charge is 0.462 e. The first-order chi connectivity index (χ1) is 18.0. The Morgan fingerprint density at radius 3 is 1.22 bits per heavy atom. The summed E-state index contributed by atoms with van der Waals surface area (Å²) in [6.07, 6.45) is 2.65. The van der Waals surface area contributed by atoms with Crippen molar-refractivity contribution in [3.05, 3.63) is 60.7 Å². The molecule has 2 rings (SSSR count). The highest BCUT2D eigenvalue weighted by Crippen LogP contribution is 2.11. The van der Waals surface area contributed by atoms with E-state index in [0.717, 1.165) is 19.3 Å². The van der Waals surface area contributed by atoms with Gasteiger partial charge in [0.25, 0.3) is 0 Å². The summed E-state index contributed by atoms with van der Waals surface area (Å²) in [7, 11) is 0. The molecule has 0 fully saturated rings. The van der Waals surface area contributed by atoms with Crippen LogP contribution in [0.2, 0.25) is 0 Å². The van der Waals surface area contributed by atoms with E-state index in [1.165, 1.54) is 0 Å². The maximum Gasteiger partial charge on any atom is 0.513 e. The van der Waals surface area contributed by atoms with Crippen LogP contribution in [0.5, 0.6) is 11.5 Å². The summed E-state index contributed by atoms with van der Waals surface area (Å²) in [5.41, 5.74) is 0. The molecule has 0 heterocycles. The van der Waals surface area contributed by atoms with Crippen LogP contribution in [0.1, 0.15) is 44.9 Å². The van der Waals surface area contributed by atoms with Crippen LogP contribution in [0.15, 0.2) is 60.7 Å². The van der Waals surface area contributed by atoms with Gasteiger partial charge in [-0.05, 0) is 37.1 Å². The fourth-order valence-corrected chi connectivity index (χ4v) is 3.00. The molecule has 0 unspecified atom stereocenters. The Bertz CT molecular complexity index is 869. The molecule has 0 aliphatic rings. The van der Waals surface area contributed by atoms with E-state index < -0.39 is 12.3 Å². The molecule has 0 radical (unpaired) electrons. The number of hydrogen-bond donors (Lipinski definition) is 0. The first-order valence-electron chi connectivity index (χ1n) is 12.1. The van der Waals surface area contributed by atoms with Gasteiger partial charge in [-0.15, -0.1) is 0 Å². The molecule has 200 valence electrons. The average Bonchev–Trinajstić information content (AvgIpc) is 2.90. The van der Waals surface area contributed by atoms with Crippen LogP contribution in [0, 0.1) is 0 Å². The molecule has 2 aromatic rings. The van der Waals surface area contributed by atoms with E-state index in [1.807, 2.05) is 0 Å². The van der Waals surface area contributed by atoms with Crippen molar-refractivity contribution in [3.8, 4) is 11.5 Å². The minimum atomic E-state index is -0.858. The molecule has 0 aromatic heterocycles. The molecular formula is C27H32O10. The number of hydrogen-bond acceptors (Lipinski definition) is 10. The van der Waals surface area contributed by atoms with Crippen molar-refractivity contribution in [2.45, 2.75) is 44.9 Å². The van der Waals surface area contributed by atoms with E-state index in [0.29, 0.717) is 24.3 Å². The molecule has 0 saturated heterocycles. The number of benzene rings is 2. The molecule has 0 N–H and O–H groups in total. The molecule has 10 nitrogen and oxygen atoms in total. The molecule has 0 aliphatic heterocycles. The largest absolute Gasteiger partial charge is 0.513 e. The van der Waals surface area contributed by atoms with E-state index in [9.17, 15) is 19.2 Å². The molecule has 0 bridgehead atoms. The molecule has 0 spiro atoms. The first-order valence-corrected chi connectivity index (χ1v) is 12.1. The van der Waals surface area contributed by atoms with Gasteiger partial charge in [0, 0.05) is 12.8 Å². The maximum atomic E-state index is 11.7. The summed E-state index contributed by atoms with van der Waals surface area (Å²) in [6.45, 7) is -0.247. The molecule has 0 aliphatic carbocycles. The van der Waals surface area contributed by atoms with Gasteiger partial charge in [-0.1, -0.05) is 55.7 Å². The third-order valence-electron chi connectivity index (χ3n) is 4.78. The van der Waals surface area contributed by atoms with Gasteiger partial charge in [-0.3, -0.25) is 9.59 Å². The average molecular weight is 517 g/mol. The third kappa shape index (κ3) is 14.8. The van der Waals surface area contributed by atoms with E-state index in [1.54, 1.807) is 60.7 Å². The van der Waals surface area contributed by atoms with Crippen LogP contribution in [-0.4, -0.2) is 50.7 Å². The maximum absolute atomic E-state index is 11.7. The van der Waals surface area contributed by atoms with Crippen molar-refractivity contribution >= 4 is 24.2 Å². The minimum Gasteiger partial charge on any atom is -0.462 e. The molecule has 2 aromatic carbocycles. The second kappa shape index (κ2) is 18.2. The lowest BCUT2D eigenvalue weighted by molar-refractivity contribution is -0.145. The highest BCUT2D eigenvalue weighted by atomic mass is 16.7. The number of carbonyl (C=O) groups excluding carboxylic acids is 4. The van der Waals surface area contributed by atoms with Gasteiger partial charge in [0.1, 0.15) is 37.9 Å². The topological polar surface area (TPSA) is 124 Å². The summed E-state index contributed by atoms with van der Waals surface area (Å²) in [5.74, 6) is 0.0145. The van der Waals surface area contributed by atoms with Crippen molar-refractivity contribution in [1.29, 1.82) is 0 Å². The van der Waals surface area contributed by atoms with Crippen LogP contribution in [0.3, 0.4) is 0 Å². The number of carbonyl (C=O) groups is 4. The van der Waals surface area contributed by atoms with Gasteiger partial charge in [0.05, 0.1) is 0 Å². The quantitative estimate of drug-likeness (QED) is 0.127. The zero-order valence-electron chi connectivity index (χ0n) is 20.6. The third-order valence-corrected chi connectivity index (χ3v) is 4.78. The minimum absolute atomic E-state index is 0.0376. The van der Waals surface area contributed by atoms with Crippen LogP contribution < -0.4 is 9.47 Å². The van der Waals surface area contributed by atoms with Crippen molar-refractivity contribution in [1.82, 2.24) is 0 Å². The molecule has 10 heteroatoms. The number of rotatable bonds is 16. The lowest BCUT2D eigenvalue weighted by atomic mass is 10.1. The predicted octanol–water partition coefficient (Wildman–Crippen LogP) is 5.23. The molecule has 37 heavy (non-hydrogen) atoms. The van der Waals surface area contributed by atoms with E-state index in [2.05, 4.69) is 0 Å². The standard InChI is InChI=1S/C27H32O10/c28-24(32-18-20-34-26(30)36-22-12-6-4-7-13-22)16-10-2-1-3-11-17-25(29)33-19-21-35-27(31)37-23-14-8-5-9-15-23/h4-9,12-15H,1-3,10-11,16-21H2. The summed E-state index contributed by atoms with van der Waals surface area (Å²) >= 11 is 0. The summed E-state index contributed by atoms with van der Waals surface area (Å²) in [6, 6.07) is 17.0. The second-order valence-electron chi connectivity index (χ2n) is 7.74. The highest BCUT2D eigenvalue weighted by molar-refractivity contribution is 5.69. The van der Waals surface area contributed by atoms with Gasteiger partial charge >= 0.3 is 24.2 Å². The lowest BCUT2D eigenvalue weighted by Crippen LogP contribution is -2.16. The normalized spacial score (nSPS) is 10.2. The summed E-state index contributed by atoms with van der Waals surface area (Å²) in [4.78, 5) is 46.5. The number of esters is 2. The van der Waals surface area contributed by atoms with Crippen LogP contribution >= 0.6 is 0 Å². The van der Waals surface area contributed by atoms with Crippen LogP contribution in [0.4, 0.5) is 9.59 Å². The predicted molar refractivity (Wildman–Crippen MR) is 131 cm³/mol. The Balaban J connectivity index is 1.35. The number of unbranched alkanes of at least 4 members (excludes halogenated alkanes) is 4. The molecule has 0 atom stereocenters. The Hall–Kier alpha value is -4.08. The summed E-state index contributed by atoms with van der Waals surface area (Å²) in [5, 5.41) is 0. The van der Waals surface area contributed by atoms with E-state index >= 15 is 0 Å². The highest BCUT2D eigenvalue weighted by Gasteiger charge is 2.09. The Kier molecular flexibility index (Phi) is 14.4. The van der Waals surface area contributed by atoms with Crippen LogP contribution in [0.25, 0.3) is 0 Å². The van der Waals surface area contributed by atoms with Gasteiger partial charge in [-0.25, -0.2) is 9.59 Å². The Labute approximate surface area is 215 Å². The fourth-order valence-electron chi connectivity index (χ4n) is 3.00. The Morgan fingerprint density at radius 1 is 0.459 bits per heavy atom. The van der Waals surface area contributed by atoms with Gasteiger partial charge < -0.3 is 28.4 Å². The van der Waals surface area contributed by atoms with Crippen molar-refractivity contribution in [3.63, 3.8) is 0 Å². The number of para-hydroxylation sites is 2. The van der Waals surface area contributed by atoms with Gasteiger partial charge in [-0.2, -0.15) is 0 Å². The molecule has 0 saturated carbocycles. The van der Waals surface area contributed by atoms with Gasteiger partial charge in [0.15, 0.2) is 0 Å². The summed E-state index contributed by atoms with van der Waals surface area (Å²) < 4.78 is 29.6. The van der Waals surface area contributed by atoms with Crippen LogP contribution in [-0.2, 0) is 28.5 Å². The fraction of sp³-hybridized carbons (Fsp3) is 0.407. The van der Waals surface area contributed by atoms with Crippen molar-refractivity contribution in [2.75, 3.05) is 26.4 Å². The lowest BCUT2D eigenvalue weighted by Gasteiger charge is -2.07. The monoisotopic (exact) mass is 516 g/mol. The zero-order valence-corrected chi connectivity index (χ0v) is 20.6. The SMILES string of the molecule is O=C(CCCCCCCC(=O)OCCOC(=O)Oc1ccccc1)OCCOC(=O)Oc1ccccc1. The first kappa shape index (κ1) is 29.2. The molecule has 0 amide bonds. The second-order valence-corrected chi connectivity index (χ2v) is 7.74. The zero-order chi connectivity index (χ0) is 26.6. The van der Waals surface area contributed by atoms with Crippen molar-refractivity contribution in [2.24, 2.45) is 0 Å². The van der Waals surface area contributed by atoms with E-state index in [-0.39, 0.29) is 51.2 Å². The van der Waals surface area contributed by atoms with Gasteiger partial charge in [0.2, 0.25) is 0 Å². The Morgan fingerprint density at radius 2 is 0.811 bits per heavy atom. The number of ether oxygens (including phenoxy) is 6. The van der Waals surface area contributed by atoms with Crippen molar-refractivity contribution < 1.29 is 47.6 Å². The van der Waals surface area contributed by atoms with E-state index in [4.69, 9.17) is 28.4 Å².